The van der Waals surface area contributed by atoms with E-state index in [2.05, 4.69) is 67.7 Å². The van der Waals surface area contributed by atoms with Crippen molar-refractivity contribution in [2.24, 2.45) is 0 Å². The van der Waals surface area contributed by atoms with Crippen molar-refractivity contribution in [3.05, 3.63) is 39.9 Å². The minimum absolute atomic E-state index is 0.498. The van der Waals surface area contributed by atoms with Crippen LogP contribution in [0.15, 0.2) is 23.2 Å². The smallest absolute Gasteiger partial charge is 0.125 e. The summed E-state index contributed by atoms with van der Waals surface area (Å²) >= 11 is 3.31. The molecule has 0 bridgehead atoms. The van der Waals surface area contributed by atoms with Crippen molar-refractivity contribution in [1.29, 1.82) is 0 Å². The van der Waals surface area contributed by atoms with Gasteiger partial charge in [0, 0.05) is 17.1 Å². The lowest BCUT2D eigenvalue weighted by molar-refractivity contribution is 0.355. The number of benzene rings is 1. The van der Waals surface area contributed by atoms with E-state index in [1.165, 1.54) is 16.7 Å². The summed E-state index contributed by atoms with van der Waals surface area (Å²) in [5, 5.41) is 3.42. The first kappa shape index (κ1) is 15.3. The largest absolute Gasteiger partial charge is 0.488 e. The van der Waals surface area contributed by atoms with Gasteiger partial charge in [-0.05, 0) is 30.5 Å². The first-order valence-corrected chi connectivity index (χ1v) is 6.99. The molecule has 2 nitrogen and oxygen atoms in total. The lowest BCUT2D eigenvalue weighted by Gasteiger charge is -2.15. The standard InChI is InChI=1S/C15H22BrNO/c1-10(2)17-8-14-6-11(3)15(12(4)7-14)18-9-13(5)16/h6-7,10,17H,5,8-9H2,1-4H3. The van der Waals surface area contributed by atoms with Gasteiger partial charge in [0.1, 0.15) is 12.4 Å². The van der Waals surface area contributed by atoms with Crippen LogP contribution in [0.1, 0.15) is 30.5 Å². The molecular formula is C15H22BrNO. The summed E-state index contributed by atoms with van der Waals surface area (Å²) in [7, 11) is 0. The van der Waals surface area contributed by atoms with Crippen molar-refractivity contribution in [2.45, 2.75) is 40.3 Å². The lowest BCUT2D eigenvalue weighted by atomic mass is 10.1. The monoisotopic (exact) mass is 311 g/mol. The number of rotatable bonds is 6. The fourth-order valence-electron chi connectivity index (χ4n) is 1.84. The van der Waals surface area contributed by atoms with Gasteiger partial charge < -0.3 is 10.1 Å². The Hall–Kier alpha value is -0.800. The molecule has 0 heterocycles. The molecule has 0 aromatic heterocycles. The van der Waals surface area contributed by atoms with Crippen LogP contribution in [-0.2, 0) is 6.54 Å². The van der Waals surface area contributed by atoms with Crippen LogP contribution < -0.4 is 10.1 Å². The first-order valence-electron chi connectivity index (χ1n) is 6.19. The third-order valence-corrected chi connectivity index (χ3v) is 2.84. The highest BCUT2D eigenvalue weighted by atomic mass is 79.9. The zero-order valence-corrected chi connectivity index (χ0v) is 13.2. The molecule has 1 aromatic carbocycles. The number of nitrogens with one attached hydrogen (secondary N) is 1. The molecule has 100 valence electrons. The van der Waals surface area contributed by atoms with Gasteiger partial charge >= 0.3 is 0 Å². The third-order valence-electron chi connectivity index (χ3n) is 2.61. The van der Waals surface area contributed by atoms with E-state index in [0.29, 0.717) is 12.6 Å². The minimum Gasteiger partial charge on any atom is -0.488 e. The second-order valence-electron chi connectivity index (χ2n) is 4.90. The van der Waals surface area contributed by atoms with Gasteiger partial charge in [-0.1, -0.05) is 48.5 Å². The Morgan fingerprint density at radius 1 is 1.33 bits per heavy atom. The molecule has 0 saturated heterocycles. The number of halogens is 1. The van der Waals surface area contributed by atoms with Gasteiger partial charge in [0.2, 0.25) is 0 Å². The summed E-state index contributed by atoms with van der Waals surface area (Å²) in [5.41, 5.74) is 3.64. The molecule has 0 saturated carbocycles. The van der Waals surface area contributed by atoms with E-state index >= 15 is 0 Å². The molecule has 0 aliphatic carbocycles. The molecule has 0 fully saturated rings. The molecule has 0 aliphatic heterocycles. The highest BCUT2D eigenvalue weighted by molar-refractivity contribution is 9.11. The molecule has 0 unspecified atom stereocenters. The fourth-order valence-corrected chi connectivity index (χ4v) is 1.96. The Kier molecular flexibility index (Phi) is 5.89. The number of hydrogen-bond acceptors (Lipinski definition) is 2. The van der Waals surface area contributed by atoms with E-state index < -0.39 is 0 Å². The van der Waals surface area contributed by atoms with Crippen molar-refractivity contribution in [3.63, 3.8) is 0 Å². The summed E-state index contributed by atoms with van der Waals surface area (Å²) in [5.74, 6) is 0.962. The second kappa shape index (κ2) is 6.95. The fraction of sp³-hybridized carbons (Fsp3) is 0.467. The van der Waals surface area contributed by atoms with Crippen molar-refractivity contribution in [2.75, 3.05) is 6.61 Å². The average molecular weight is 312 g/mol. The maximum atomic E-state index is 5.74. The molecule has 1 N–H and O–H groups in total. The zero-order chi connectivity index (χ0) is 13.7. The first-order chi connectivity index (χ1) is 8.40. The molecule has 1 rings (SSSR count). The van der Waals surface area contributed by atoms with E-state index in [-0.39, 0.29) is 0 Å². The molecule has 3 heteroatoms. The Morgan fingerprint density at radius 2 is 1.89 bits per heavy atom. The van der Waals surface area contributed by atoms with Crippen LogP contribution in [0, 0.1) is 13.8 Å². The Bertz CT molecular complexity index is 403. The summed E-state index contributed by atoms with van der Waals surface area (Å²) in [6.45, 7) is 13.6. The number of ether oxygens (including phenoxy) is 1. The maximum Gasteiger partial charge on any atom is 0.125 e. The van der Waals surface area contributed by atoms with Gasteiger partial charge in [-0.2, -0.15) is 0 Å². The molecule has 18 heavy (non-hydrogen) atoms. The molecule has 0 amide bonds. The molecule has 0 radical (unpaired) electrons. The normalized spacial score (nSPS) is 10.8. The van der Waals surface area contributed by atoms with Crippen LogP contribution in [-0.4, -0.2) is 12.6 Å². The third kappa shape index (κ3) is 4.83. The lowest BCUT2D eigenvalue weighted by Crippen LogP contribution is -2.21. The van der Waals surface area contributed by atoms with E-state index in [1.807, 2.05) is 0 Å². The summed E-state index contributed by atoms with van der Waals surface area (Å²) in [6.07, 6.45) is 0. The van der Waals surface area contributed by atoms with Crippen LogP contribution in [0.25, 0.3) is 0 Å². The molecule has 0 atom stereocenters. The van der Waals surface area contributed by atoms with Crippen molar-refractivity contribution in [3.8, 4) is 5.75 Å². The highest BCUT2D eigenvalue weighted by Gasteiger charge is 2.07. The minimum atomic E-state index is 0.498. The average Bonchev–Trinajstić information content (AvgIpc) is 2.24. The number of hydrogen-bond donors (Lipinski definition) is 1. The summed E-state index contributed by atoms with van der Waals surface area (Å²) in [4.78, 5) is 0. The van der Waals surface area contributed by atoms with Crippen molar-refractivity contribution < 1.29 is 4.74 Å². The van der Waals surface area contributed by atoms with Crippen LogP contribution in [0.5, 0.6) is 5.75 Å². The molecule has 1 aromatic rings. The summed E-state index contributed by atoms with van der Waals surface area (Å²) in [6, 6.07) is 4.85. The quantitative estimate of drug-likeness (QED) is 0.854. The van der Waals surface area contributed by atoms with Crippen molar-refractivity contribution in [1.82, 2.24) is 5.32 Å². The van der Waals surface area contributed by atoms with Crippen molar-refractivity contribution >= 4 is 15.9 Å². The molecular weight excluding hydrogens is 290 g/mol. The second-order valence-corrected chi connectivity index (χ2v) is 6.02. The van der Waals surface area contributed by atoms with E-state index in [1.54, 1.807) is 0 Å². The van der Waals surface area contributed by atoms with Gasteiger partial charge in [-0.3, -0.25) is 0 Å². The number of aryl methyl sites for hydroxylation is 2. The van der Waals surface area contributed by atoms with E-state index in [9.17, 15) is 0 Å². The maximum absolute atomic E-state index is 5.74. The Labute approximate surface area is 119 Å². The van der Waals surface area contributed by atoms with Crippen LogP contribution in [0.2, 0.25) is 0 Å². The van der Waals surface area contributed by atoms with Gasteiger partial charge in [0.25, 0.3) is 0 Å². The Morgan fingerprint density at radius 3 is 2.33 bits per heavy atom. The predicted molar refractivity (Wildman–Crippen MR) is 81.5 cm³/mol. The summed E-state index contributed by atoms with van der Waals surface area (Å²) < 4.78 is 6.60. The predicted octanol–water partition coefficient (Wildman–Crippen LogP) is 4.09. The highest BCUT2D eigenvalue weighted by Crippen LogP contribution is 2.25. The SMILES string of the molecule is C=C(Br)COc1c(C)cc(CNC(C)C)cc1C. The van der Waals surface area contributed by atoms with Crippen LogP contribution in [0.4, 0.5) is 0 Å². The topological polar surface area (TPSA) is 21.3 Å². The van der Waals surface area contributed by atoms with Crippen LogP contribution >= 0.6 is 15.9 Å². The molecule has 0 spiro atoms. The Balaban J connectivity index is 2.80. The van der Waals surface area contributed by atoms with Crippen LogP contribution in [0.3, 0.4) is 0 Å². The molecule has 0 aliphatic rings. The van der Waals surface area contributed by atoms with Gasteiger partial charge in [0.05, 0.1) is 0 Å². The van der Waals surface area contributed by atoms with Gasteiger partial charge in [-0.25, -0.2) is 0 Å². The van der Waals surface area contributed by atoms with Gasteiger partial charge in [-0.15, -0.1) is 0 Å². The zero-order valence-electron chi connectivity index (χ0n) is 11.6. The van der Waals surface area contributed by atoms with E-state index in [4.69, 9.17) is 4.74 Å². The van der Waals surface area contributed by atoms with E-state index in [0.717, 1.165) is 16.8 Å². The van der Waals surface area contributed by atoms with Gasteiger partial charge in [0.15, 0.2) is 0 Å².